The molecule has 1 aromatic carbocycles. The minimum absolute atomic E-state index is 0.0849. The quantitative estimate of drug-likeness (QED) is 0.744. The average Bonchev–Trinajstić information content (AvgIpc) is 2.33. The number of rotatable bonds is 4. The molecule has 98 valence electrons. The van der Waals surface area contributed by atoms with Gasteiger partial charge in [-0.25, -0.2) is 0 Å². The summed E-state index contributed by atoms with van der Waals surface area (Å²) in [6.07, 6.45) is 2.87. The van der Waals surface area contributed by atoms with Crippen LogP contribution in [0.4, 0.5) is 0 Å². The molecular formula is C13H18N2O3. The van der Waals surface area contributed by atoms with Crippen molar-refractivity contribution >= 4 is 5.91 Å². The van der Waals surface area contributed by atoms with Crippen molar-refractivity contribution in [1.29, 1.82) is 0 Å². The maximum Gasteiger partial charge on any atom is 0.255 e. The van der Waals surface area contributed by atoms with Crippen LogP contribution >= 0.6 is 0 Å². The first-order chi connectivity index (χ1) is 8.60. The largest absolute Gasteiger partial charge is 0.507 e. The lowest BCUT2D eigenvalue weighted by molar-refractivity contribution is 0.0835. The molecule has 0 unspecified atom stereocenters. The number of phenolic OH excluding ortho intramolecular Hbond substituents is 1. The zero-order chi connectivity index (χ0) is 13.2. The number of nitrogens with one attached hydrogen (secondary N) is 1. The first kappa shape index (κ1) is 12.7. The summed E-state index contributed by atoms with van der Waals surface area (Å²) in [6, 6.07) is 4.61. The van der Waals surface area contributed by atoms with Crippen LogP contribution in [0.1, 0.15) is 29.6 Å². The third-order valence-electron chi connectivity index (χ3n) is 3.53. The molecule has 1 aromatic rings. The Morgan fingerprint density at radius 1 is 1.56 bits per heavy atom. The number of hydrogen-bond acceptors (Lipinski definition) is 4. The van der Waals surface area contributed by atoms with Crippen molar-refractivity contribution in [2.45, 2.75) is 24.8 Å². The lowest BCUT2D eigenvalue weighted by atomic mass is 9.76. The fourth-order valence-corrected chi connectivity index (χ4v) is 2.12. The highest BCUT2D eigenvalue weighted by Crippen LogP contribution is 2.32. The van der Waals surface area contributed by atoms with Crippen molar-refractivity contribution in [3.63, 3.8) is 0 Å². The summed E-state index contributed by atoms with van der Waals surface area (Å²) < 4.78 is 4.97. The average molecular weight is 250 g/mol. The summed E-state index contributed by atoms with van der Waals surface area (Å²) in [5, 5.41) is 12.7. The van der Waals surface area contributed by atoms with Gasteiger partial charge in [-0.1, -0.05) is 0 Å². The topological polar surface area (TPSA) is 84.6 Å². The van der Waals surface area contributed by atoms with Crippen LogP contribution in [0, 0.1) is 0 Å². The van der Waals surface area contributed by atoms with E-state index in [4.69, 9.17) is 10.5 Å². The Labute approximate surface area is 106 Å². The van der Waals surface area contributed by atoms with Crippen molar-refractivity contribution < 1.29 is 14.6 Å². The fraction of sp³-hybridized carbons (Fsp3) is 0.462. The number of phenols is 1. The van der Waals surface area contributed by atoms with Gasteiger partial charge in [-0.05, 0) is 31.4 Å². The first-order valence-corrected chi connectivity index (χ1v) is 6.00. The van der Waals surface area contributed by atoms with E-state index < -0.39 is 0 Å². The molecule has 4 N–H and O–H groups in total. The van der Waals surface area contributed by atoms with Gasteiger partial charge in [-0.3, -0.25) is 4.79 Å². The van der Waals surface area contributed by atoms with Crippen molar-refractivity contribution in [1.82, 2.24) is 5.32 Å². The molecule has 5 heteroatoms. The van der Waals surface area contributed by atoms with Crippen LogP contribution in [0.3, 0.4) is 0 Å². The molecule has 1 saturated carbocycles. The van der Waals surface area contributed by atoms with Gasteiger partial charge in [-0.2, -0.15) is 0 Å². The van der Waals surface area contributed by atoms with Crippen LogP contribution < -0.4 is 15.8 Å². The highest BCUT2D eigenvalue weighted by atomic mass is 16.5. The number of benzene rings is 1. The van der Waals surface area contributed by atoms with Gasteiger partial charge in [0.25, 0.3) is 5.91 Å². The minimum Gasteiger partial charge on any atom is -0.507 e. The molecule has 1 aliphatic carbocycles. The van der Waals surface area contributed by atoms with Crippen molar-refractivity contribution in [2.24, 2.45) is 5.73 Å². The molecule has 0 spiro atoms. The summed E-state index contributed by atoms with van der Waals surface area (Å²) in [5.41, 5.74) is 5.64. The number of nitrogens with two attached hydrogens (primary N) is 1. The first-order valence-electron chi connectivity index (χ1n) is 6.00. The van der Waals surface area contributed by atoms with Crippen LogP contribution in [0.25, 0.3) is 0 Å². The molecule has 18 heavy (non-hydrogen) atoms. The molecule has 1 aliphatic rings. The number of ether oxygens (including phenoxy) is 1. The van der Waals surface area contributed by atoms with E-state index in [1.54, 1.807) is 12.1 Å². The predicted octanol–water partition coefficient (Wildman–Crippen LogP) is 1.01. The highest BCUT2D eigenvalue weighted by Gasteiger charge is 2.37. The zero-order valence-corrected chi connectivity index (χ0v) is 10.4. The monoisotopic (exact) mass is 250 g/mol. The van der Waals surface area contributed by atoms with E-state index in [2.05, 4.69) is 5.32 Å². The summed E-state index contributed by atoms with van der Waals surface area (Å²) in [4.78, 5) is 12.1. The molecule has 2 rings (SSSR count). The van der Waals surface area contributed by atoms with E-state index in [0.717, 1.165) is 19.3 Å². The van der Waals surface area contributed by atoms with Gasteiger partial charge in [-0.15, -0.1) is 0 Å². The van der Waals surface area contributed by atoms with Crippen LogP contribution in [0.2, 0.25) is 0 Å². The molecule has 0 atom stereocenters. The summed E-state index contributed by atoms with van der Waals surface area (Å²) in [6.45, 7) is 0.426. The number of aromatic hydroxyl groups is 1. The summed E-state index contributed by atoms with van der Waals surface area (Å²) in [7, 11) is 1.51. The summed E-state index contributed by atoms with van der Waals surface area (Å²) in [5.74, 6) is 0.139. The van der Waals surface area contributed by atoms with Crippen LogP contribution in [0.5, 0.6) is 11.5 Å². The second-order valence-electron chi connectivity index (χ2n) is 4.68. The smallest absolute Gasteiger partial charge is 0.255 e. The third kappa shape index (κ3) is 2.26. The molecule has 0 aliphatic heterocycles. The van der Waals surface area contributed by atoms with E-state index in [1.807, 2.05) is 0 Å². The van der Waals surface area contributed by atoms with E-state index >= 15 is 0 Å². The maximum atomic E-state index is 12.1. The fourth-order valence-electron chi connectivity index (χ4n) is 2.12. The van der Waals surface area contributed by atoms with Gasteiger partial charge in [0.15, 0.2) is 0 Å². The second-order valence-corrected chi connectivity index (χ2v) is 4.68. The van der Waals surface area contributed by atoms with E-state index in [1.165, 1.54) is 13.2 Å². The van der Waals surface area contributed by atoms with Gasteiger partial charge in [0.1, 0.15) is 11.5 Å². The minimum atomic E-state index is -0.291. The second kappa shape index (κ2) is 4.86. The van der Waals surface area contributed by atoms with E-state index in [-0.39, 0.29) is 22.8 Å². The van der Waals surface area contributed by atoms with Crippen LogP contribution in [-0.4, -0.2) is 30.2 Å². The molecule has 1 amide bonds. The molecule has 5 nitrogen and oxygen atoms in total. The number of carbonyl (C=O) groups is 1. The molecule has 0 aromatic heterocycles. The molecular weight excluding hydrogens is 232 g/mol. The highest BCUT2D eigenvalue weighted by molar-refractivity contribution is 5.97. The Morgan fingerprint density at radius 2 is 2.28 bits per heavy atom. The Bertz CT molecular complexity index is 450. The predicted molar refractivity (Wildman–Crippen MR) is 67.8 cm³/mol. The van der Waals surface area contributed by atoms with E-state index in [9.17, 15) is 9.90 Å². The SMILES string of the molecule is COc1ccc(C(=O)NC2(CN)CCC2)c(O)c1. The number of amides is 1. The standard InChI is InChI=1S/C13H18N2O3/c1-18-9-3-4-10(11(16)7-9)12(17)15-13(8-14)5-2-6-13/h3-4,7,16H,2,5-6,8,14H2,1H3,(H,15,17). The Morgan fingerprint density at radius 3 is 2.72 bits per heavy atom. The van der Waals surface area contributed by atoms with Gasteiger partial charge in [0, 0.05) is 12.6 Å². The molecule has 0 saturated heterocycles. The zero-order valence-electron chi connectivity index (χ0n) is 10.4. The molecule has 0 radical (unpaired) electrons. The molecule has 0 bridgehead atoms. The maximum absolute atomic E-state index is 12.1. The van der Waals surface area contributed by atoms with Crippen LogP contribution in [-0.2, 0) is 0 Å². The van der Waals surface area contributed by atoms with Crippen molar-refractivity contribution in [2.75, 3.05) is 13.7 Å². The van der Waals surface area contributed by atoms with Crippen LogP contribution in [0.15, 0.2) is 18.2 Å². The third-order valence-corrected chi connectivity index (χ3v) is 3.53. The lowest BCUT2D eigenvalue weighted by Crippen LogP contribution is -2.58. The number of carbonyl (C=O) groups excluding carboxylic acids is 1. The molecule has 0 heterocycles. The Kier molecular flexibility index (Phi) is 3.43. The van der Waals surface area contributed by atoms with Gasteiger partial charge in [0.05, 0.1) is 18.2 Å². The van der Waals surface area contributed by atoms with Crippen molar-refractivity contribution in [3.05, 3.63) is 23.8 Å². The Hall–Kier alpha value is -1.75. The number of hydrogen-bond donors (Lipinski definition) is 3. The van der Waals surface area contributed by atoms with Gasteiger partial charge >= 0.3 is 0 Å². The van der Waals surface area contributed by atoms with Gasteiger partial charge in [0.2, 0.25) is 0 Å². The van der Waals surface area contributed by atoms with E-state index in [0.29, 0.717) is 12.3 Å². The molecule has 1 fully saturated rings. The number of methoxy groups -OCH3 is 1. The van der Waals surface area contributed by atoms with Gasteiger partial charge < -0.3 is 20.9 Å². The normalized spacial score (nSPS) is 16.8. The Balaban J connectivity index is 2.14. The van der Waals surface area contributed by atoms with Crippen molar-refractivity contribution in [3.8, 4) is 11.5 Å². The lowest BCUT2D eigenvalue weighted by Gasteiger charge is -2.41. The summed E-state index contributed by atoms with van der Waals surface area (Å²) >= 11 is 0.